The van der Waals surface area contributed by atoms with Crippen LogP contribution in [-0.4, -0.2) is 16.8 Å². The molecular formula is C28H42N2O2. The van der Waals surface area contributed by atoms with E-state index < -0.39 is 0 Å². The Kier molecular flexibility index (Phi) is 14.3. The van der Waals surface area contributed by atoms with Crippen LogP contribution < -0.4 is 0 Å². The van der Waals surface area contributed by atoms with Gasteiger partial charge >= 0.3 is 0 Å². The first-order chi connectivity index (χ1) is 15.5. The Morgan fingerprint density at radius 1 is 1.19 bits per heavy atom. The topological polar surface area (TPSA) is 40.2 Å². The molecule has 2 aromatic heterocycles. The van der Waals surface area contributed by atoms with Crippen LogP contribution in [0.25, 0.3) is 27.8 Å². The lowest BCUT2D eigenvalue weighted by Crippen LogP contribution is -1.97. The highest BCUT2D eigenvalue weighted by atomic mass is 16.5. The molecule has 0 saturated carbocycles. The summed E-state index contributed by atoms with van der Waals surface area (Å²) < 4.78 is 12.4. The van der Waals surface area contributed by atoms with Crippen molar-refractivity contribution >= 4 is 16.5 Å². The number of ether oxygens (including phenoxy) is 1. The molecule has 0 aliphatic rings. The third kappa shape index (κ3) is 7.60. The fourth-order valence-corrected chi connectivity index (χ4v) is 3.05. The van der Waals surface area contributed by atoms with Crippen molar-refractivity contribution in [3.05, 3.63) is 73.3 Å². The van der Waals surface area contributed by atoms with E-state index in [9.17, 15) is 0 Å². The lowest BCUT2D eigenvalue weighted by Gasteiger charge is -2.10. The first-order valence-electron chi connectivity index (χ1n) is 11.5. The van der Waals surface area contributed by atoms with Crippen LogP contribution in [0, 0.1) is 0 Å². The number of nitrogens with zero attached hydrogens (tertiary/aromatic N) is 2. The van der Waals surface area contributed by atoms with Crippen molar-refractivity contribution in [2.75, 3.05) is 7.11 Å². The van der Waals surface area contributed by atoms with Crippen molar-refractivity contribution in [2.24, 2.45) is 0 Å². The highest BCUT2D eigenvalue weighted by Gasteiger charge is 2.15. The second kappa shape index (κ2) is 15.7. The number of fused-ring (bicyclic) bond motifs is 1. The molecule has 4 heteroatoms. The van der Waals surface area contributed by atoms with Crippen LogP contribution >= 0.6 is 0 Å². The molecule has 0 radical (unpaired) electrons. The number of rotatable bonds is 6. The summed E-state index contributed by atoms with van der Waals surface area (Å²) in [7, 11) is 1.56. The number of benzene rings is 1. The Labute approximate surface area is 195 Å². The van der Waals surface area contributed by atoms with E-state index in [1.807, 2.05) is 33.9 Å². The maximum absolute atomic E-state index is 5.56. The minimum absolute atomic E-state index is 0.434. The summed E-state index contributed by atoms with van der Waals surface area (Å²) in [5.41, 5.74) is 4.66. The molecule has 0 unspecified atom stereocenters. The van der Waals surface area contributed by atoms with Crippen molar-refractivity contribution in [1.82, 2.24) is 9.72 Å². The summed E-state index contributed by atoms with van der Waals surface area (Å²) in [6.07, 6.45) is 8.62. The van der Waals surface area contributed by atoms with Crippen LogP contribution in [0.5, 0.6) is 0 Å². The highest BCUT2D eigenvalue weighted by molar-refractivity contribution is 5.87. The summed E-state index contributed by atoms with van der Waals surface area (Å²) in [5, 5.41) is 5.27. The van der Waals surface area contributed by atoms with Gasteiger partial charge in [0.05, 0.1) is 13.3 Å². The average Bonchev–Trinajstić information content (AvgIpc) is 3.49. The van der Waals surface area contributed by atoms with Crippen LogP contribution in [0.3, 0.4) is 0 Å². The maximum Gasteiger partial charge on any atom is 0.174 e. The molecule has 0 amide bonds. The van der Waals surface area contributed by atoms with E-state index in [1.165, 1.54) is 16.5 Å². The van der Waals surface area contributed by atoms with E-state index >= 15 is 0 Å². The van der Waals surface area contributed by atoms with E-state index in [1.54, 1.807) is 13.2 Å². The van der Waals surface area contributed by atoms with Gasteiger partial charge in [0.1, 0.15) is 5.76 Å². The molecule has 0 aliphatic carbocycles. The van der Waals surface area contributed by atoms with Gasteiger partial charge in [-0.05, 0) is 56.4 Å². The number of hydrogen-bond acceptors (Lipinski definition) is 3. The van der Waals surface area contributed by atoms with Crippen LogP contribution in [-0.2, 0) is 4.74 Å². The quantitative estimate of drug-likeness (QED) is 0.284. The Morgan fingerprint density at radius 2 is 1.84 bits per heavy atom. The predicted molar refractivity (Wildman–Crippen MR) is 141 cm³/mol. The van der Waals surface area contributed by atoms with Crippen LogP contribution in [0.1, 0.15) is 73.4 Å². The lowest BCUT2D eigenvalue weighted by atomic mass is 10.00. The molecule has 1 aromatic carbocycles. The Balaban J connectivity index is 0.000000824. The van der Waals surface area contributed by atoms with Crippen molar-refractivity contribution in [2.45, 2.75) is 67.9 Å². The first kappa shape index (κ1) is 29.0. The van der Waals surface area contributed by atoms with E-state index in [0.717, 1.165) is 23.3 Å². The molecule has 0 bridgehead atoms. The summed E-state index contributed by atoms with van der Waals surface area (Å²) in [4.78, 5) is 0. The smallest absolute Gasteiger partial charge is 0.174 e. The Hall–Kier alpha value is -3.01. The predicted octanol–water partition coefficient (Wildman–Crippen LogP) is 9.08. The van der Waals surface area contributed by atoms with Gasteiger partial charge in [-0.1, -0.05) is 71.1 Å². The van der Waals surface area contributed by atoms with Gasteiger partial charge in [0.2, 0.25) is 0 Å². The molecule has 0 aliphatic heterocycles. The molecule has 2 heterocycles. The fourth-order valence-electron chi connectivity index (χ4n) is 3.05. The SMILES string of the molecule is C/C=C(\CC)c1cnoc1-c1ccc2ccn(C(C)C)c2c1.C=CC(=C)OC.CC.CC. The molecule has 3 rings (SSSR count). The largest absolute Gasteiger partial charge is 0.497 e. The van der Waals surface area contributed by atoms with Crippen LogP contribution in [0.2, 0.25) is 0 Å². The van der Waals surface area contributed by atoms with Gasteiger partial charge in [0, 0.05) is 28.9 Å². The van der Waals surface area contributed by atoms with Crippen molar-refractivity contribution in [3.8, 4) is 11.3 Å². The van der Waals surface area contributed by atoms with Gasteiger partial charge < -0.3 is 13.8 Å². The van der Waals surface area contributed by atoms with Gasteiger partial charge in [-0.15, -0.1) is 0 Å². The zero-order valence-electron chi connectivity index (χ0n) is 21.5. The molecular weight excluding hydrogens is 396 g/mol. The molecule has 4 nitrogen and oxygen atoms in total. The molecule has 32 heavy (non-hydrogen) atoms. The summed E-state index contributed by atoms with van der Waals surface area (Å²) in [6.45, 7) is 23.5. The third-order valence-electron chi connectivity index (χ3n) is 4.68. The summed E-state index contributed by atoms with van der Waals surface area (Å²) >= 11 is 0. The normalized spacial score (nSPS) is 10.2. The van der Waals surface area contributed by atoms with Crippen LogP contribution in [0.15, 0.2) is 72.3 Å². The first-order valence-corrected chi connectivity index (χ1v) is 11.5. The number of aromatic nitrogens is 2. The number of allylic oxidation sites excluding steroid dienone is 3. The third-order valence-corrected chi connectivity index (χ3v) is 4.68. The van der Waals surface area contributed by atoms with Crippen molar-refractivity contribution in [3.63, 3.8) is 0 Å². The molecule has 0 saturated heterocycles. The minimum Gasteiger partial charge on any atom is -0.497 e. The highest BCUT2D eigenvalue weighted by Crippen LogP contribution is 2.33. The van der Waals surface area contributed by atoms with Crippen molar-refractivity contribution in [1.29, 1.82) is 0 Å². The van der Waals surface area contributed by atoms with E-state index in [2.05, 4.69) is 91.9 Å². The second-order valence-electron chi connectivity index (χ2n) is 6.70. The van der Waals surface area contributed by atoms with Gasteiger partial charge in [0.15, 0.2) is 5.76 Å². The standard InChI is InChI=1S/C19H22N2O.C5H8O.2C2H6/c1-5-14(6-2)17-12-20-22-19(17)16-8-7-15-9-10-21(13(3)4)18(15)11-16;1-4-5(2)6-3;2*1-2/h5,7-13H,6H2,1-4H3;4H,1-2H2,3H3;2*1-2H3/b14-5+;;;. The van der Waals surface area contributed by atoms with Gasteiger partial charge in [0.25, 0.3) is 0 Å². The zero-order valence-corrected chi connectivity index (χ0v) is 21.5. The average molecular weight is 439 g/mol. The fraction of sp³-hybridized carbons (Fsp3) is 0.393. The monoisotopic (exact) mass is 438 g/mol. The molecule has 0 fully saturated rings. The molecule has 0 spiro atoms. The summed E-state index contributed by atoms with van der Waals surface area (Å²) in [5.74, 6) is 1.46. The molecule has 0 atom stereocenters. The zero-order chi connectivity index (χ0) is 24.7. The maximum atomic E-state index is 5.56. The van der Waals surface area contributed by atoms with Crippen molar-refractivity contribution < 1.29 is 9.26 Å². The van der Waals surface area contributed by atoms with E-state index in [0.29, 0.717) is 11.8 Å². The van der Waals surface area contributed by atoms with Crippen LogP contribution in [0.4, 0.5) is 0 Å². The van der Waals surface area contributed by atoms with Gasteiger partial charge in [-0.2, -0.15) is 0 Å². The lowest BCUT2D eigenvalue weighted by molar-refractivity contribution is 0.309. The van der Waals surface area contributed by atoms with E-state index in [4.69, 9.17) is 4.52 Å². The molecule has 3 aromatic rings. The second-order valence-corrected chi connectivity index (χ2v) is 6.70. The van der Waals surface area contributed by atoms with Gasteiger partial charge in [-0.3, -0.25) is 0 Å². The molecule has 176 valence electrons. The Morgan fingerprint density at radius 3 is 2.31 bits per heavy atom. The summed E-state index contributed by atoms with van der Waals surface area (Å²) in [6, 6.07) is 9.05. The Bertz CT molecular complexity index is 974. The minimum atomic E-state index is 0.434. The number of hydrogen-bond donors (Lipinski definition) is 0. The number of methoxy groups -OCH3 is 1. The van der Waals surface area contributed by atoms with E-state index in [-0.39, 0.29) is 0 Å². The van der Waals surface area contributed by atoms with Gasteiger partial charge in [-0.25, -0.2) is 0 Å². The molecule has 0 N–H and O–H groups in total.